The number of anilines is 2. The normalized spacial score (nSPS) is 18.2. The first kappa shape index (κ1) is 21.3. The first-order chi connectivity index (χ1) is 13.7. The van der Waals surface area contributed by atoms with Gasteiger partial charge in [0.15, 0.2) is 10.8 Å². The van der Waals surface area contributed by atoms with Gasteiger partial charge in [0, 0.05) is 18.7 Å². The lowest BCUT2D eigenvalue weighted by atomic mass is 10.0. The second-order valence-corrected chi connectivity index (χ2v) is 7.61. The molecule has 5 nitrogen and oxygen atoms in total. The zero-order valence-electron chi connectivity index (χ0n) is 16.3. The van der Waals surface area contributed by atoms with Crippen molar-refractivity contribution in [2.24, 2.45) is 0 Å². The van der Waals surface area contributed by atoms with Gasteiger partial charge in [-0.15, -0.1) is 0 Å². The van der Waals surface area contributed by atoms with Gasteiger partial charge in [0.25, 0.3) is 0 Å². The van der Waals surface area contributed by atoms with Gasteiger partial charge in [0.2, 0.25) is 5.95 Å². The van der Waals surface area contributed by atoms with E-state index in [0.29, 0.717) is 6.54 Å². The Labute approximate surface area is 173 Å². The molecule has 0 amide bonds. The highest BCUT2D eigenvalue weighted by Crippen LogP contribution is 2.32. The zero-order chi connectivity index (χ0) is 21.0. The van der Waals surface area contributed by atoms with Crippen molar-refractivity contribution in [3.05, 3.63) is 47.7 Å². The molecule has 2 aromatic rings. The average molecular weight is 424 g/mol. The zero-order valence-corrected chi connectivity index (χ0v) is 17.1. The Morgan fingerprint density at radius 1 is 1.21 bits per heavy atom. The van der Waals surface area contributed by atoms with E-state index >= 15 is 0 Å². The molecule has 0 bridgehead atoms. The Morgan fingerprint density at radius 3 is 2.59 bits per heavy atom. The minimum atomic E-state index is -4.57. The molecular formula is C20H24F3N5S. The number of rotatable bonds is 4. The van der Waals surface area contributed by atoms with Gasteiger partial charge in [-0.25, -0.2) is 4.98 Å². The Bertz CT molecular complexity index is 844. The molecule has 0 aliphatic carbocycles. The van der Waals surface area contributed by atoms with Crippen LogP contribution in [-0.2, 0) is 6.18 Å². The summed E-state index contributed by atoms with van der Waals surface area (Å²) >= 11 is 5.27. The van der Waals surface area contributed by atoms with Crippen molar-refractivity contribution >= 4 is 29.1 Å². The summed E-state index contributed by atoms with van der Waals surface area (Å²) in [5.41, 5.74) is 0.0196. The first-order valence-electron chi connectivity index (χ1n) is 9.59. The minimum Gasteiger partial charge on any atom is -0.356 e. The third kappa shape index (κ3) is 5.56. The van der Waals surface area contributed by atoms with Gasteiger partial charge >= 0.3 is 6.18 Å². The summed E-state index contributed by atoms with van der Waals surface area (Å²) in [7, 11) is 0. The molecule has 2 heterocycles. The van der Waals surface area contributed by atoms with Gasteiger partial charge in [-0.3, -0.25) is 0 Å². The van der Waals surface area contributed by atoms with E-state index < -0.39 is 11.9 Å². The number of halogens is 3. The van der Waals surface area contributed by atoms with Crippen molar-refractivity contribution in [2.45, 2.75) is 51.4 Å². The largest absolute Gasteiger partial charge is 0.433 e. The van der Waals surface area contributed by atoms with Crippen molar-refractivity contribution in [2.75, 3.05) is 16.8 Å². The Hall–Kier alpha value is -2.42. The van der Waals surface area contributed by atoms with Gasteiger partial charge in [-0.1, -0.05) is 30.3 Å². The van der Waals surface area contributed by atoms with E-state index in [4.69, 9.17) is 12.2 Å². The van der Waals surface area contributed by atoms with Gasteiger partial charge in [0.1, 0.15) is 5.82 Å². The number of benzene rings is 1. The SMILES string of the molecule is C[C@@H]1CCCCN1c1cc(C(F)(F)F)nc(NC(=S)N[C@H](C)c2ccccc2)n1. The number of nitrogens with one attached hydrogen (secondary N) is 2. The molecule has 1 aromatic heterocycles. The number of hydrogen-bond acceptors (Lipinski definition) is 4. The Kier molecular flexibility index (Phi) is 6.56. The fraction of sp³-hybridized carbons (Fsp3) is 0.450. The first-order valence-corrected chi connectivity index (χ1v) is 10.0. The average Bonchev–Trinajstić information content (AvgIpc) is 2.68. The summed E-state index contributed by atoms with van der Waals surface area (Å²) in [5.74, 6) is 0.103. The van der Waals surface area contributed by atoms with E-state index in [1.54, 1.807) is 0 Å². The molecule has 156 valence electrons. The molecule has 29 heavy (non-hydrogen) atoms. The highest BCUT2D eigenvalue weighted by Gasteiger charge is 2.35. The van der Waals surface area contributed by atoms with E-state index in [-0.39, 0.29) is 29.0 Å². The van der Waals surface area contributed by atoms with Crippen LogP contribution in [0.5, 0.6) is 0 Å². The number of thiocarbonyl (C=S) groups is 1. The molecule has 1 aromatic carbocycles. The maximum absolute atomic E-state index is 13.4. The number of aromatic nitrogens is 2. The van der Waals surface area contributed by atoms with E-state index in [2.05, 4.69) is 20.6 Å². The fourth-order valence-electron chi connectivity index (χ4n) is 3.38. The second kappa shape index (κ2) is 8.94. The van der Waals surface area contributed by atoms with Crippen molar-refractivity contribution in [3.63, 3.8) is 0 Å². The van der Waals surface area contributed by atoms with Crippen LogP contribution in [-0.4, -0.2) is 27.7 Å². The minimum absolute atomic E-state index is 0.121. The van der Waals surface area contributed by atoms with E-state index in [0.717, 1.165) is 30.9 Å². The highest BCUT2D eigenvalue weighted by atomic mass is 32.1. The molecule has 0 saturated carbocycles. The molecule has 1 fully saturated rings. The van der Waals surface area contributed by atoms with Gasteiger partial charge in [-0.05, 0) is 50.9 Å². The molecular weight excluding hydrogens is 399 g/mol. The van der Waals surface area contributed by atoms with Crippen molar-refractivity contribution < 1.29 is 13.2 Å². The molecule has 2 atom stereocenters. The standard InChI is InChI=1S/C20H24F3N5S/c1-13-8-6-7-11-28(13)17-12-16(20(21,22)23)25-18(26-17)27-19(29)24-14(2)15-9-4-3-5-10-15/h3-5,9-10,12-14H,6-8,11H2,1-2H3,(H2,24,25,26,27,29)/t13-,14-/m1/s1. The molecule has 0 radical (unpaired) electrons. The topological polar surface area (TPSA) is 53.1 Å². The van der Waals surface area contributed by atoms with Crippen LogP contribution in [0.2, 0.25) is 0 Å². The summed E-state index contributed by atoms with van der Waals surface area (Å²) in [6.07, 6.45) is -1.67. The highest BCUT2D eigenvalue weighted by molar-refractivity contribution is 7.80. The Balaban J connectivity index is 1.80. The maximum Gasteiger partial charge on any atom is 0.433 e. The van der Waals surface area contributed by atoms with Crippen LogP contribution in [0.4, 0.5) is 24.9 Å². The van der Waals surface area contributed by atoms with Gasteiger partial charge < -0.3 is 15.5 Å². The molecule has 0 unspecified atom stereocenters. The summed E-state index contributed by atoms with van der Waals surface area (Å²) in [4.78, 5) is 9.86. The lowest BCUT2D eigenvalue weighted by Gasteiger charge is -2.34. The molecule has 2 N–H and O–H groups in total. The predicted molar refractivity (Wildman–Crippen MR) is 112 cm³/mol. The summed E-state index contributed by atoms with van der Waals surface area (Å²) in [6, 6.07) is 10.6. The molecule has 1 saturated heterocycles. The molecule has 9 heteroatoms. The number of alkyl halides is 3. The van der Waals surface area contributed by atoms with Crippen LogP contribution in [0.3, 0.4) is 0 Å². The van der Waals surface area contributed by atoms with Crippen LogP contribution < -0.4 is 15.5 Å². The quantitative estimate of drug-likeness (QED) is 0.681. The maximum atomic E-state index is 13.4. The second-order valence-electron chi connectivity index (χ2n) is 7.20. The van der Waals surface area contributed by atoms with E-state index in [1.165, 1.54) is 0 Å². The Morgan fingerprint density at radius 2 is 1.93 bits per heavy atom. The number of hydrogen-bond donors (Lipinski definition) is 2. The summed E-state index contributed by atoms with van der Waals surface area (Å²) < 4.78 is 40.2. The van der Waals surface area contributed by atoms with Crippen molar-refractivity contribution in [1.29, 1.82) is 0 Å². The number of piperidine rings is 1. The van der Waals surface area contributed by atoms with Crippen LogP contribution >= 0.6 is 12.2 Å². The lowest BCUT2D eigenvalue weighted by molar-refractivity contribution is -0.141. The third-order valence-corrected chi connectivity index (χ3v) is 5.19. The lowest BCUT2D eigenvalue weighted by Crippen LogP contribution is -2.38. The molecule has 1 aliphatic rings. The molecule has 0 spiro atoms. The van der Waals surface area contributed by atoms with E-state index in [9.17, 15) is 13.2 Å². The van der Waals surface area contributed by atoms with Gasteiger partial charge in [0.05, 0.1) is 6.04 Å². The van der Waals surface area contributed by atoms with Crippen LogP contribution in [0.15, 0.2) is 36.4 Å². The van der Waals surface area contributed by atoms with Crippen molar-refractivity contribution in [3.8, 4) is 0 Å². The van der Waals surface area contributed by atoms with Crippen LogP contribution in [0, 0.1) is 0 Å². The molecule has 1 aliphatic heterocycles. The molecule has 3 rings (SSSR count). The van der Waals surface area contributed by atoms with Gasteiger partial charge in [-0.2, -0.15) is 18.2 Å². The van der Waals surface area contributed by atoms with Crippen LogP contribution in [0.25, 0.3) is 0 Å². The predicted octanol–water partition coefficient (Wildman–Crippen LogP) is 4.92. The fourth-order valence-corrected chi connectivity index (χ4v) is 3.65. The summed E-state index contributed by atoms with van der Waals surface area (Å²) in [5, 5.41) is 5.94. The smallest absolute Gasteiger partial charge is 0.356 e. The van der Waals surface area contributed by atoms with Crippen LogP contribution in [0.1, 0.15) is 50.4 Å². The third-order valence-electron chi connectivity index (χ3n) is 4.97. The summed E-state index contributed by atoms with van der Waals surface area (Å²) in [6.45, 7) is 4.58. The van der Waals surface area contributed by atoms with Crippen molar-refractivity contribution in [1.82, 2.24) is 15.3 Å². The monoisotopic (exact) mass is 423 g/mol. The number of nitrogens with zero attached hydrogens (tertiary/aromatic N) is 3. The van der Waals surface area contributed by atoms with E-state index in [1.807, 2.05) is 49.1 Å².